The average Bonchev–Trinajstić information content (AvgIpc) is 2.63. The molecule has 0 spiro atoms. The maximum absolute atomic E-state index is 11.7. The molecule has 0 aromatic carbocycles. The molecule has 1 rings (SSSR count). The lowest BCUT2D eigenvalue weighted by Crippen LogP contribution is -2.44. The summed E-state index contributed by atoms with van der Waals surface area (Å²) in [5.74, 6) is -0.0561. The molecular weight excluding hydrogens is 194 g/mol. The second-order valence-corrected chi connectivity index (χ2v) is 3.99. The molecule has 2 atom stereocenters. The Morgan fingerprint density at radius 3 is 2.80 bits per heavy atom. The van der Waals surface area contributed by atoms with E-state index in [4.69, 9.17) is 5.73 Å². The number of rotatable bonds is 3. The first-order chi connectivity index (χ1) is 7.04. The minimum atomic E-state index is -0.402. The molecular formula is C10H19N3O2. The molecule has 1 aliphatic heterocycles. The van der Waals surface area contributed by atoms with Crippen molar-refractivity contribution in [1.29, 1.82) is 0 Å². The molecule has 1 heterocycles. The van der Waals surface area contributed by atoms with Crippen molar-refractivity contribution in [2.75, 3.05) is 13.1 Å². The predicted molar refractivity (Wildman–Crippen MR) is 57.1 cm³/mol. The number of hydrogen-bond donors (Lipinski definition) is 2. The third kappa shape index (κ3) is 3.20. The summed E-state index contributed by atoms with van der Waals surface area (Å²) in [6.07, 6.45) is 1.47. The number of hydrogen-bond acceptors (Lipinski definition) is 3. The summed E-state index contributed by atoms with van der Waals surface area (Å²) < 4.78 is 0. The van der Waals surface area contributed by atoms with Gasteiger partial charge in [0, 0.05) is 26.1 Å². The van der Waals surface area contributed by atoms with Gasteiger partial charge in [-0.1, -0.05) is 6.92 Å². The molecule has 1 unspecified atom stereocenters. The van der Waals surface area contributed by atoms with Crippen LogP contribution in [0.1, 0.15) is 26.7 Å². The second-order valence-electron chi connectivity index (χ2n) is 3.99. The van der Waals surface area contributed by atoms with Gasteiger partial charge in [0.1, 0.15) is 0 Å². The topological polar surface area (TPSA) is 75.4 Å². The molecule has 86 valence electrons. The van der Waals surface area contributed by atoms with Gasteiger partial charge < -0.3 is 16.0 Å². The van der Waals surface area contributed by atoms with E-state index in [2.05, 4.69) is 5.32 Å². The quantitative estimate of drug-likeness (QED) is 0.661. The number of carbonyl (C=O) groups excluding carboxylic acids is 2. The predicted octanol–water partition coefficient (Wildman–Crippen LogP) is -0.539. The van der Waals surface area contributed by atoms with Gasteiger partial charge in [-0.2, -0.15) is 0 Å². The van der Waals surface area contributed by atoms with Gasteiger partial charge in [-0.3, -0.25) is 9.59 Å². The molecule has 0 aromatic heterocycles. The monoisotopic (exact) mass is 213 g/mol. The summed E-state index contributed by atoms with van der Waals surface area (Å²) in [5, 5.41) is 2.81. The Kier molecular flexibility index (Phi) is 4.08. The van der Waals surface area contributed by atoms with Crippen LogP contribution in [0, 0.1) is 0 Å². The van der Waals surface area contributed by atoms with E-state index in [9.17, 15) is 9.59 Å². The van der Waals surface area contributed by atoms with Crippen LogP contribution in [0.2, 0.25) is 0 Å². The molecule has 0 aromatic rings. The van der Waals surface area contributed by atoms with E-state index in [1.165, 1.54) is 6.92 Å². The average molecular weight is 213 g/mol. The van der Waals surface area contributed by atoms with Crippen molar-refractivity contribution in [3.05, 3.63) is 0 Å². The number of carbonyl (C=O) groups is 2. The van der Waals surface area contributed by atoms with Crippen LogP contribution in [0.5, 0.6) is 0 Å². The van der Waals surface area contributed by atoms with E-state index >= 15 is 0 Å². The first-order valence-electron chi connectivity index (χ1n) is 5.36. The minimum absolute atomic E-state index is 0.00893. The summed E-state index contributed by atoms with van der Waals surface area (Å²) in [7, 11) is 0. The van der Waals surface area contributed by atoms with Crippen LogP contribution in [0.4, 0.5) is 0 Å². The first kappa shape index (κ1) is 12.0. The van der Waals surface area contributed by atoms with Crippen LogP contribution in [0.25, 0.3) is 0 Å². The smallest absolute Gasteiger partial charge is 0.239 e. The fourth-order valence-corrected chi connectivity index (χ4v) is 1.77. The van der Waals surface area contributed by atoms with Crippen LogP contribution in [0.3, 0.4) is 0 Å². The summed E-state index contributed by atoms with van der Waals surface area (Å²) in [4.78, 5) is 24.3. The highest BCUT2D eigenvalue weighted by atomic mass is 16.2. The van der Waals surface area contributed by atoms with Gasteiger partial charge in [0.2, 0.25) is 11.8 Å². The number of nitrogens with one attached hydrogen (secondary N) is 1. The Morgan fingerprint density at radius 1 is 1.60 bits per heavy atom. The first-order valence-corrected chi connectivity index (χ1v) is 5.36. The van der Waals surface area contributed by atoms with E-state index in [-0.39, 0.29) is 17.9 Å². The molecule has 0 aliphatic carbocycles. The standard InChI is InChI=1S/C10H19N3O2/c1-3-9(11)10(15)13-5-4-8(6-13)12-7(2)14/h8-9H,3-6,11H2,1-2H3,(H,12,14)/t8?,9-/m0/s1. The molecule has 1 saturated heterocycles. The summed E-state index contributed by atoms with van der Waals surface area (Å²) >= 11 is 0. The van der Waals surface area contributed by atoms with Crippen molar-refractivity contribution in [3.63, 3.8) is 0 Å². The van der Waals surface area contributed by atoms with Crippen molar-refractivity contribution in [1.82, 2.24) is 10.2 Å². The van der Waals surface area contributed by atoms with Gasteiger partial charge >= 0.3 is 0 Å². The number of nitrogens with zero attached hydrogens (tertiary/aromatic N) is 1. The highest BCUT2D eigenvalue weighted by molar-refractivity contribution is 5.82. The van der Waals surface area contributed by atoms with Crippen LogP contribution >= 0.6 is 0 Å². The van der Waals surface area contributed by atoms with Crippen molar-refractivity contribution < 1.29 is 9.59 Å². The Labute approximate surface area is 90.0 Å². The molecule has 0 bridgehead atoms. The summed E-state index contributed by atoms with van der Waals surface area (Å²) in [5.41, 5.74) is 5.66. The van der Waals surface area contributed by atoms with Gasteiger partial charge in [0.05, 0.1) is 6.04 Å². The normalized spacial score (nSPS) is 22.6. The van der Waals surface area contributed by atoms with Crippen LogP contribution in [-0.4, -0.2) is 41.9 Å². The number of likely N-dealkylation sites (tertiary alicyclic amines) is 1. The van der Waals surface area contributed by atoms with Crippen LogP contribution < -0.4 is 11.1 Å². The van der Waals surface area contributed by atoms with E-state index < -0.39 is 6.04 Å². The van der Waals surface area contributed by atoms with Crippen molar-refractivity contribution in [2.24, 2.45) is 5.73 Å². The van der Waals surface area contributed by atoms with E-state index in [0.29, 0.717) is 19.5 Å². The molecule has 5 nitrogen and oxygen atoms in total. The van der Waals surface area contributed by atoms with E-state index in [1.54, 1.807) is 4.90 Å². The molecule has 15 heavy (non-hydrogen) atoms. The Balaban J connectivity index is 2.42. The van der Waals surface area contributed by atoms with Gasteiger partial charge in [-0.05, 0) is 12.8 Å². The minimum Gasteiger partial charge on any atom is -0.352 e. The zero-order valence-electron chi connectivity index (χ0n) is 9.32. The van der Waals surface area contributed by atoms with Gasteiger partial charge in [0.15, 0.2) is 0 Å². The highest BCUT2D eigenvalue weighted by Gasteiger charge is 2.28. The molecule has 3 N–H and O–H groups in total. The van der Waals surface area contributed by atoms with E-state index in [0.717, 1.165) is 6.42 Å². The van der Waals surface area contributed by atoms with Crippen molar-refractivity contribution in [3.8, 4) is 0 Å². The van der Waals surface area contributed by atoms with Gasteiger partial charge in [-0.15, -0.1) is 0 Å². The van der Waals surface area contributed by atoms with Crippen LogP contribution in [-0.2, 0) is 9.59 Å². The Hall–Kier alpha value is -1.10. The fourth-order valence-electron chi connectivity index (χ4n) is 1.77. The SMILES string of the molecule is CC[C@H](N)C(=O)N1CCC(NC(C)=O)C1. The van der Waals surface area contributed by atoms with Gasteiger partial charge in [-0.25, -0.2) is 0 Å². The lowest BCUT2D eigenvalue weighted by atomic mass is 10.2. The third-order valence-electron chi connectivity index (χ3n) is 2.66. The van der Waals surface area contributed by atoms with Crippen LogP contribution in [0.15, 0.2) is 0 Å². The lowest BCUT2D eigenvalue weighted by Gasteiger charge is -2.20. The maximum atomic E-state index is 11.7. The Morgan fingerprint density at radius 2 is 2.27 bits per heavy atom. The van der Waals surface area contributed by atoms with E-state index in [1.807, 2.05) is 6.92 Å². The highest BCUT2D eigenvalue weighted by Crippen LogP contribution is 2.10. The van der Waals surface area contributed by atoms with Gasteiger partial charge in [0.25, 0.3) is 0 Å². The maximum Gasteiger partial charge on any atom is 0.239 e. The molecule has 1 fully saturated rings. The molecule has 0 radical (unpaired) electrons. The summed E-state index contributed by atoms with van der Waals surface area (Å²) in [6, 6.07) is -0.309. The summed E-state index contributed by atoms with van der Waals surface area (Å²) in [6.45, 7) is 4.66. The zero-order valence-corrected chi connectivity index (χ0v) is 9.32. The zero-order chi connectivity index (χ0) is 11.4. The fraction of sp³-hybridized carbons (Fsp3) is 0.800. The number of nitrogens with two attached hydrogens (primary N) is 1. The molecule has 2 amide bonds. The molecule has 0 saturated carbocycles. The number of amides is 2. The molecule has 1 aliphatic rings. The molecule has 5 heteroatoms. The second kappa shape index (κ2) is 5.11. The third-order valence-corrected chi connectivity index (χ3v) is 2.66. The Bertz CT molecular complexity index is 255. The lowest BCUT2D eigenvalue weighted by molar-refractivity contribution is -0.131. The largest absolute Gasteiger partial charge is 0.352 e. The van der Waals surface area contributed by atoms with Crippen molar-refractivity contribution >= 4 is 11.8 Å². The van der Waals surface area contributed by atoms with Crippen molar-refractivity contribution in [2.45, 2.75) is 38.8 Å².